The fraction of sp³-hybridized carbons (Fsp3) is 0.778. The van der Waals surface area contributed by atoms with Gasteiger partial charge in [0.15, 0.2) is 0 Å². The maximum absolute atomic E-state index is 12.1. The zero-order chi connectivity index (χ0) is 16.4. The quantitative estimate of drug-likeness (QED) is 0.810. The number of hydrogen-bond acceptors (Lipinski definition) is 3. The molecule has 5 nitrogen and oxygen atoms in total. The summed E-state index contributed by atoms with van der Waals surface area (Å²) in [4.78, 5) is 18.2. The Hall–Kier alpha value is -1.20. The number of nitrogens with one attached hydrogen (secondary N) is 1. The van der Waals surface area contributed by atoms with Crippen LogP contribution in [0.15, 0.2) is 17.1 Å². The van der Waals surface area contributed by atoms with E-state index in [4.69, 9.17) is 0 Å². The summed E-state index contributed by atoms with van der Waals surface area (Å²) < 4.78 is 0. The van der Waals surface area contributed by atoms with Gasteiger partial charge in [0.1, 0.15) is 0 Å². The number of carbonyl (C=O) groups is 1. The molecule has 1 saturated heterocycles. The molecule has 1 N–H and O–H groups in total. The number of carbonyl (C=O) groups excluding carboxylic acids is 1. The molecule has 3 rings (SSSR count). The molecule has 2 amide bonds. The highest BCUT2D eigenvalue weighted by Gasteiger charge is 2.47. The zero-order valence-corrected chi connectivity index (χ0v) is 14.6. The lowest BCUT2D eigenvalue weighted by Crippen LogP contribution is -2.62. The first-order chi connectivity index (χ1) is 11.0. The van der Waals surface area contributed by atoms with Gasteiger partial charge in [-0.15, -0.1) is 0 Å². The third kappa shape index (κ3) is 3.50. The number of aliphatic imine (C=N–C) groups is 1. The molecule has 23 heavy (non-hydrogen) atoms. The molecule has 0 aromatic rings. The number of nitrogens with zero attached hydrogens (tertiary/aromatic N) is 3. The highest BCUT2D eigenvalue weighted by Crippen LogP contribution is 2.35. The van der Waals surface area contributed by atoms with Crippen molar-refractivity contribution in [1.29, 1.82) is 0 Å². The molecular formula is C18H30N4O. The van der Waals surface area contributed by atoms with Crippen LogP contribution >= 0.6 is 0 Å². The van der Waals surface area contributed by atoms with Crippen LogP contribution in [0.5, 0.6) is 0 Å². The summed E-state index contributed by atoms with van der Waals surface area (Å²) in [5, 5.41) is 2.40. The normalized spacial score (nSPS) is 32.9. The van der Waals surface area contributed by atoms with Gasteiger partial charge in [0.05, 0.1) is 5.54 Å². The topological polar surface area (TPSA) is 47.9 Å². The number of amides is 2. The third-order valence-corrected chi connectivity index (χ3v) is 5.53. The molecule has 0 bridgehead atoms. The molecule has 2 atom stereocenters. The third-order valence-electron chi connectivity index (χ3n) is 5.53. The van der Waals surface area contributed by atoms with E-state index in [2.05, 4.69) is 28.9 Å². The van der Waals surface area contributed by atoms with Gasteiger partial charge in [-0.25, -0.2) is 14.8 Å². The Kier molecular flexibility index (Phi) is 4.87. The Morgan fingerprint density at radius 3 is 2.83 bits per heavy atom. The lowest BCUT2D eigenvalue weighted by atomic mass is 9.84. The number of piperidine rings is 1. The maximum Gasteiger partial charge on any atom is 0.344 e. The zero-order valence-electron chi connectivity index (χ0n) is 14.6. The van der Waals surface area contributed by atoms with Gasteiger partial charge in [0.2, 0.25) is 0 Å². The van der Waals surface area contributed by atoms with Crippen molar-refractivity contribution in [1.82, 2.24) is 15.3 Å². The van der Waals surface area contributed by atoms with Crippen molar-refractivity contribution in [2.24, 2.45) is 4.99 Å². The number of hydrogen-bond donors (Lipinski definition) is 1. The Morgan fingerprint density at radius 1 is 1.43 bits per heavy atom. The second-order valence-electron chi connectivity index (χ2n) is 7.65. The maximum atomic E-state index is 12.1. The van der Waals surface area contributed by atoms with Gasteiger partial charge in [0, 0.05) is 31.4 Å². The van der Waals surface area contributed by atoms with Crippen molar-refractivity contribution < 1.29 is 4.79 Å². The van der Waals surface area contributed by atoms with E-state index in [0.29, 0.717) is 18.6 Å². The van der Waals surface area contributed by atoms with E-state index in [9.17, 15) is 4.79 Å². The van der Waals surface area contributed by atoms with Crippen molar-refractivity contribution >= 4 is 12.2 Å². The van der Waals surface area contributed by atoms with Gasteiger partial charge in [-0.05, 0) is 39.5 Å². The summed E-state index contributed by atoms with van der Waals surface area (Å²) in [5.41, 5.74) is 4.55. The number of hydrazine groups is 1. The molecule has 2 aliphatic heterocycles. The molecule has 2 unspecified atom stereocenters. The first-order valence-corrected chi connectivity index (χ1v) is 9.04. The first kappa shape index (κ1) is 16.7. The van der Waals surface area contributed by atoms with E-state index in [1.165, 1.54) is 32.1 Å². The molecule has 3 aliphatic rings. The van der Waals surface area contributed by atoms with Gasteiger partial charge < -0.3 is 4.90 Å². The van der Waals surface area contributed by atoms with Gasteiger partial charge >= 0.3 is 6.03 Å². The Balaban J connectivity index is 1.63. The minimum Gasteiger partial charge on any atom is -0.308 e. The summed E-state index contributed by atoms with van der Waals surface area (Å²) >= 11 is 0. The summed E-state index contributed by atoms with van der Waals surface area (Å²) in [6.45, 7) is 9.78. The lowest BCUT2D eigenvalue weighted by molar-refractivity contribution is 0.0198. The van der Waals surface area contributed by atoms with E-state index < -0.39 is 0 Å². The smallest absolute Gasteiger partial charge is 0.308 e. The van der Waals surface area contributed by atoms with Gasteiger partial charge in [0.25, 0.3) is 0 Å². The Labute approximate surface area is 139 Å². The van der Waals surface area contributed by atoms with Gasteiger partial charge in [-0.2, -0.15) is 0 Å². The summed E-state index contributed by atoms with van der Waals surface area (Å²) in [7, 11) is 0. The molecule has 0 aromatic carbocycles. The van der Waals surface area contributed by atoms with E-state index in [1.807, 2.05) is 18.0 Å². The minimum atomic E-state index is -0.208. The largest absolute Gasteiger partial charge is 0.344 e. The molecule has 1 spiro atoms. The van der Waals surface area contributed by atoms with Crippen LogP contribution in [0, 0.1) is 0 Å². The van der Waals surface area contributed by atoms with Gasteiger partial charge in [-0.1, -0.05) is 31.4 Å². The Morgan fingerprint density at radius 2 is 2.17 bits per heavy atom. The molecule has 2 heterocycles. The van der Waals surface area contributed by atoms with Crippen LogP contribution in [0.1, 0.15) is 58.8 Å². The van der Waals surface area contributed by atoms with E-state index in [-0.39, 0.29) is 11.6 Å². The summed E-state index contributed by atoms with van der Waals surface area (Å²) in [6.07, 6.45) is 10.4. The highest BCUT2D eigenvalue weighted by molar-refractivity contribution is 5.96. The van der Waals surface area contributed by atoms with E-state index >= 15 is 0 Å². The van der Waals surface area contributed by atoms with Crippen LogP contribution < -0.4 is 5.43 Å². The summed E-state index contributed by atoms with van der Waals surface area (Å²) in [5.74, 6) is 0. The van der Waals surface area contributed by atoms with Gasteiger partial charge in [-0.3, -0.25) is 5.43 Å². The molecule has 1 saturated carbocycles. The molecule has 5 heteroatoms. The molecule has 1 aliphatic carbocycles. The summed E-state index contributed by atoms with van der Waals surface area (Å²) in [6, 6.07) is 0.926. The fourth-order valence-electron chi connectivity index (χ4n) is 4.28. The SMILES string of the molecule is C=C(C)CN1C(=O)N=CC12CCN(NC1CCCCC1)C(C)C2. The first-order valence-electron chi connectivity index (χ1n) is 9.04. The molecular weight excluding hydrogens is 288 g/mol. The van der Waals surface area contributed by atoms with E-state index in [1.54, 1.807) is 0 Å². The lowest BCUT2D eigenvalue weighted by Gasteiger charge is -2.47. The Bertz CT molecular complexity index is 497. The van der Waals surface area contributed by atoms with Crippen LogP contribution in [-0.4, -0.2) is 52.9 Å². The highest BCUT2D eigenvalue weighted by atomic mass is 16.2. The molecule has 128 valence electrons. The standard InChI is InChI=1S/C18H30N4O/c1-14(2)12-21-17(23)19-13-18(21)9-10-22(15(3)11-18)20-16-7-5-4-6-8-16/h13,15-16,20H,1,4-12H2,2-3H3. The van der Waals surface area contributed by atoms with Crippen molar-refractivity contribution in [3.8, 4) is 0 Å². The van der Waals surface area contributed by atoms with Crippen LogP contribution in [-0.2, 0) is 0 Å². The fourth-order valence-corrected chi connectivity index (χ4v) is 4.28. The van der Waals surface area contributed by atoms with Crippen LogP contribution in [0.25, 0.3) is 0 Å². The number of rotatable bonds is 4. The van der Waals surface area contributed by atoms with Crippen molar-refractivity contribution in [2.75, 3.05) is 13.1 Å². The second kappa shape index (κ2) is 6.73. The van der Waals surface area contributed by atoms with Crippen molar-refractivity contribution in [2.45, 2.75) is 76.4 Å². The van der Waals surface area contributed by atoms with Crippen LogP contribution in [0.3, 0.4) is 0 Å². The van der Waals surface area contributed by atoms with Crippen molar-refractivity contribution in [3.05, 3.63) is 12.2 Å². The van der Waals surface area contributed by atoms with Crippen molar-refractivity contribution in [3.63, 3.8) is 0 Å². The van der Waals surface area contributed by atoms with Crippen LogP contribution in [0.4, 0.5) is 4.79 Å². The average molecular weight is 318 g/mol. The number of urea groups is 1. The predicted molar refractivity (Wildman–Crippen MR) is 93.5 cm³/mol. The van der Waals surface area contributed by atoms with E-state index in [0.717, 1.165) is 25.0 Å². The molecule has 0 radical (unpaired) electrons. The monoisotopic (exact) mass is 318 g/mol. The predicted octanol–water partition coefficient (Wildman–Crippen LogP) is 3.13. The second-order valence-corrected chi connectivity index (χ2v) is 7.65. The average Bonchev–Trinajstić information content (AvgIpc) is 2.80. The molecule has 2 fully saturated rings. The minimum absolute atomic E-state index is 0.103. The molecule has 0 aromatic heterocycles. The van der Waals surface area contributed by atoms with Crippen LogP contribution in [0.2, 0.25) is 0 Å².